The maximum atomic E-state index is 13.6. The monoisotopic (exact) mass is 301 g/mol. The first-order valence-electron chi connectivity index (χ1n) is 7.08. The molecule has 0 saturated heterocycles. The first-order chi connectivity index (χ1) is 10.6. The number of nitrogens with zero attached hydrogens (tertiary/aromatic N) is 1. The van der Waals surface area contributed by atoms with Crippen LogP contribution in [0.3, 0.4) is 0 Å². The van der Waals surface area contributed by atoms with Gasteiger partial charge in [-0.05, 0) is 31.8 Å². The van der Waals surface area contributed by atoms with Crippen molar-refractivity contribution in [3.8, 4) is 0 Å². The Labute approximate surface area is 129 Å². The lowest BCUT2D eigenvalue weighted by Gasteiger charge is -2.23. The zero-order chi connectivity index (χ0) is 15.9. The zero-order valence-electron chi connectivity index (χ0n) is 12.7. The molecule has 22 heavy (non-hydrogen) atoms. The summed E-state index contributed by atoms with van der Waals surface area (Å²) in [6.07, 6.45) is 0. The summed E-state index contributed by atoms with van der Waals surface area (Å²) in [6.45, 7) is 0.648. The van der Waals surface area contributed by atoms with E-state index in [0.717, 1.165) is 5.56 Å². The van der Waals surface area contributed by atoms with Crippen LogP contribution in [-0.4, -0.2) is 31.6 Å². The summed E-state index contributed by atoms with van der Waals surface area (Å²) in [5, 5.41) is 5.42. The molecule has 0 aliphatic carbocycles. The van der Waals surface area contributed by atoms with Gasteiger partial charge < -0.3 is 15.5 Å². The molecular weight excluding hydrogens is 281 g/mol. The molecule has 0 heterocycles. The average Bonchev–Trinajstić information content (AvgIpc) is 2.49. The highest BCUT2D eigenvalue weighted by Gasteiger charge is 2.16. The van der Waals surface area contributed by atoms with Crippen molar-refractivity contribution < 1.29 is 9.18 Å². The van der Waals surface area contributed by atoms with E-state index in [0.29, 0.717) is 6.54 Å². The number of carbonyl (C=O) groups excluding carboxylic acids is 1. The van der Waals surface area contributed by atoms with Gasteiger partial charge in [0, 0.05) is 6.54 Å². The number of hydrogen-bond donors (Lipinski definition) is 2. The average molecular weight is 301 g/mol. The van der Waals surface area contributed by atoms with Crippen molar-refractivity contribution in [3.63, 3.8) is 0 Å². The van der Waals surface area contributed by atoms with Crippen LogP contribution in [0.15, 0.2) is 54.6 Å². The fourth-order valence-electron chi connectivity index (χ4n) is 2.16. The molecule has 2 amide bonds. The number of urea groups is 1. The van der Waals surface area contributed by atoms with Crippen LogP contribution in [-0.2, 0) is 0 Å². The Kier molecular flexibility index (Phi) is 5.49. The van der Waals surface area contributed by atoms with Gasteiger partial charge in [-0.25, -0.2) is 9.18 Å². The van der Waals surface area contributed by atoms with Crippen molar-refractivity contribution in [1.82, 2.24) is 10.2 Å². The minimum atomic E-state index is -0.457. The standard InChI is InChI=1S/C17H20FN3O/c1-21(2)12-16(13-8-4-3-5-9-13)20-17(22)19-15-11-7-6-10-14(15)18/h3-11,16H,12H2,1-2H3,(H2,19,20,22)/t16-/m0/s1. The maximum absolute atomic E-state index is 13.6. The first kappa shape index (κ1) is 16.0. The van der Waals surface area contributed by atoms with Gasteiger partial charge in [-0.3, -0.25) is 0 Å². The number of para-hydroxylation sites is 1. The van der Waals surface area contributed by atoms with E-state index in [-0.39, 0.29) is 11.7 Å². The predicted molar refractivity (Wildman–Crippen MR) is 86.3 cm³/mol. The maximum Gasteiger partial charge on any atom is 0.319 e. The minimum Gasteiger partial charge on any atom is -0.330 e. The van der Waals surface area contributed by atoms with E-state index >= 15 is 0 Å². The first-order valence-corrected chi connectivity index (χ1v) is 7.08. The SMILES string of the molecule is CN(C)C[C@H](NC(=O)Nc1ccccc1F)c1ccccc1. The lowest BCUT2D eigenvalue weighted by molar-refractivity contribution is 0.244. The molecule has 0 unspecified atom stereocenters. The Hall–Kier alpha value is -2.40. The van der Waals surface area contributed by atoms with Crippen LogP contribution in [0.2, 0.25) is 0 Å². The second-order valence-electron chi connectivity index (χ2n) is 5.30. The molecule has 0 spiro atoms. The topological polar surface area (TPSA) is 44.4 Å². The molecular formula is C17H20FN3O. The third-order valence-electron chi connectivity index (χ3n) is 3.18. The molecule has 2 aromatic carbocycles. The molecule has 0 saturated carbocycles. The van der Waals surface area contributed by atoms with E-state index in [9.17, 15) is 9.18 Å². The lowest BCUT2D eigenvalue weighted by Crippen LogP contribution is -2.37. The number of hydrogen-bond acceptors (Lipinski definition) is 2. The van der Waals surface area contributed by atoms with Gasteiger partial charge in [-0.15, -0.1) is 0 Å². The van der Waals surface area contributed by atoms with E-state index in [2.05, 4.69) is 10.6 Å². The molecule has 2 rings (SSSR count). The number of carbonyl (C=O) groups is 1. The van der Waals surface area contributed by atoms with Crippen LogP contribution in [0.4, 0.5) is 14.9 Å². The summed E-state index contributed by atoms with van der Waals surface area (Å²) in [4.78, 5) is 14.1. The Morgan fingerprint density at radius 3 is 2.36 bits per heavy atom. The molecule has 2 aromatic rings. The van der Waals surface area contributed by atoms with Crippen LogP contribution < -0.4 is 10.6 Å². The van der Waals surface area contributed by atoms with E-state index in [1.54, 1.807) is 12.1 Å². The zero-order valence-corrected chi connectivity index (χ0v) is 12.7. The second-order valence-corrected chi connectivity index (χ2v) is 5.30. The van der Waals surface area contributed by atoms with E-state index in [1.807, 2.05) is 49.3 Å². The van der Waals surface area contributed by atoms with Gasteiger partial charge in [0.15, 0.2) is 0 Å². The van der Waals surface area contributed by atoms with Gasteiger partial charge in [0.1, 0.15) is 5.82 Å². The fraction of sp³-hybridized carbons (Fsp3) is 0.235. The molecule has 0 fully saturated rings. The van der Waals surface area contributed by atoms with Crippen molar-refractivity contribution in [2.24, 2.45) is 0 Å². The molecule has 0 aromatic heterocycles. The highest BCUT2D eigenvalue weighted by Crippen LogP contribution is 2.15. The highest BCUT2D eigenvalue weighted by atomic mass is 19.1. The molecule has 0 radical (unpaired) electrons. The van der Waals surface area contributed by atoms with Crippen molar-refractivity contribution in [1.29, 1.82) is 0 Å². The summed E-state index contributed by atoms with van der Waals surface area (Å²) < 4.78 is 13.6. The molecule has 0 aliphatic rings. The summed E-state index contributed by atoms with van der Waals surface area (Å²) in [5.74, 6) is -0.457. The van der Waals surface area contributed by atoms with Crippen LogP contribution >= 0.6 is 0 Å². The second kappa shape index (κ2) is 7.56. The number of amides is 2. The number of rotatable bonds is 5. The van der Waals surface area contributed by atoms with Crippen LogP contribution in [0.5, 0.6) is 0 Å². The predicted octanol–water partition coefficient (Wildman–Crippen LogP) is 3.25. The Morgan fingerprint density at radius 2 is 1.73 bits per heavy atom. The van der Waals surface area contributed by atoms with Gasteiger partial charge in [0.25, 0.3) is 0 Å². The van der Waals surface area contributed by atoms with Crippen molar-refractivity contribution in [2.45, 2.75) is 6.04 Å². The third kappa shape index (κ3) is 4.56. The van der Waals surface area contributed by atoms with Crippen molar-refractivity contribution in [2.75, 3.05) is 26.0 Å². The van der Waals surface area contributed by atoms with Gasteiger partial charge >= 0.3 is 6.03 Å². The van der Waals surface area contributed by atoms with E-state index in [1.165, 1.54) is 12.1 Å². The molecule has 4 nitrogen and oxygen atoms in total. The van der Waals surface area contributed by atoms with Gasteiger partial charge in [0.05, 0.1) is 11.7 Å². The summed E-state index contributed by atoms with van der Waals surface area (Å²) in [5.41, 5.74) is 1.16. The van der Waals surface area contributed by atoms with Gasteiger partial charge in [0.2, 0.25) is 0 Å². The Morgan fingerprint density at radius 1 is 1.09 bits per heavy atom. The molecule has 2 N–H and O–H groups in total. The molecule has 0 bridgehead atoms. The van der Waals surface area contributed by atoms with Crippen LogP contribution in [0.1, 0.15) is 11.6 Å². The van der Waals surface area contributed by atoms with Crippen LogP contribution in [0.25, 0.3) is 0 Å². The van der Waals surface area contributed by atoms with E-state index < -0.39 is 11.8 Å². The van der Waals surface area contributed by atoms with E-state index in [4.69, 9.17) is 0 Å². The fourth-order valence-corrected chi connectivity index (χ4v) is 2.16. The molecule has 1 atom stereocenters. The molecule has 0 aliphatic heterocycles. The lowest BCUT2D eigenvalue weighted by atomic mass is 10.1. The quantitative estimate of drug-likeness (QED) is 0.890. The largest absolute Gasteiger partial charge is 0.330 e. The van der Waals surface area contributed by atoms with Crippen molar-refractivity contribution in [3.05, 3.63) is 66.0 Å². The Balaban J connectivity index is 2.07. The molecule has 5 heteroatoms. The number of halogens is 1. The number of anilines is 1. The minimum absolute atomic E-state index is 0.164. The normalized spacial score (nSPS) is 12.0. The van der Waals surface area contributed by atoms with Crippen LogP contribution in [0, 0.1) is 5.82 Å². The smallest absolute Gasteiger partial charge is 0.319 e. The summed E-state index contributed by atoms with van der Waals surface area (Å²) in [6, 6.07) is 15.2. The number of nitrogens with one attached hydrogen (secondary N) is 2. The Bertz CT molecular complexity index is 616. The van der Waals surface area contributed by atoms with Gasteiger partial charge in [-0.1, -0.05) is 42.5 Å². The third-order valence-corrected chi connectivity index (χ3v) is 3.18. The molecule has 116 valence electrons. The highest BCUT2D eigenvalue weighted by molar-refractivity contribution is 5.89. The van der Waals surface area contributed by atoms with Gasteiger partial charge in [-0.2, -0.15) is 0 Å². The summed E-state index contributed by atoms with van der Waals surface area (Å²) in [7, 11) is 3.87. The summed E-state index contributed by atoms with van der Waals surface area (Å²) >= 11 is 0. The van der Waals surface area contributed by atoms with Crippen molar-refractivity contribution >= 4 is 11.7 Å². The number of benzene rings is 2. The number of likely N-dealkylation sites (N-methyl/N-ethyl adjacent to an activating group) is 1.